The molecule has 0 spiro atoms. The quantitative estimate of drug-likeness (QED) is 0.435. The van der Waals surface area contributed by atoms with Gasteiger partial charge in [-0.15, -0.1) is 0 Å². The van der Waals surface area contributed by atoms with E-state index in [-0.39, 0.29) is 5.91 Å². The molecular formula is C12H21IN2O. The Bertz CT molecular complexity index is 268. The highest BCUT2D eigenvalue weighted by atomic mass is 127. The smallest absolute Gasteiger partial charge is 0.223 e. The molecule has 0 aromatic carbocycles. The molecule has 4 heteroatoms. The van der Waals surface area contributed by atoms with Crippen molar-refractivity contribution in [1.82, 2.24) is 9.80 Å². The second kappa shape index (κ2) is 8.82. The summed E-state index contributed by atoms with van der Waals surface area (Å²) in [6, 6.07) is 0.371. The van der Waals surface area contributed by atoms with Gasteiger partial charge in [0, 0.05) is 12.5 Å². The minimum absolute atomic E-state index is 0.247. The van der Waals surface area contributed by atoms with E-state index in [1.807, 2.05) is 28.8 Å². The van der Waals surface area contributed by atoms with Crippen molar-refractivity contribution in [2.24, 2.45) is 0 Å². The van der Waals surface area contributed by atoms with Gasteiger partial charge < -0.3 is 4.90 Å². The maximum absolute atomic E-state index is 11.4. The fourth-order valence-corrected chi connectivity index (χ4v) is 1.48. The lowest BCUT2D eigenvalue weighted by atomic mass is 10.2. The lowest BCUT2D eigenvalue weighted by Gasteiger charge is -2.18. The SMILES string of the molecule is CI.C[C@H]1CCC(=O)N1CC#CCN(C)C. The Kier molecular flexibility index (Phi) is 8.67. The van der Waals surface area contributed by atoms with Crippen LogP contribution in [0.1, 0.15) is 19.8 Å². The summed E-state index contributed by atoms with van der Waals surface area (Å²) in [5.74, 6) is 6.31. The third kappa shape index (κ3) is 5.71. The van der Waals surface area contributed by atoms with Crippen molar-refractivity contribution in [3.63, 3.8) is 0 Å². The van der Waals surface area contributed by atoms with Crippen LogP contribution >= 0.6 is 22.6 Å². The van der Waals surface area contributed by atoms with E-state index in [1.165, 1.54) is 0 Å². The molecule has 3 nitrogen and oxygen atoms in total. The summed E-state index contributed by atoms with van der Waals surface area (Å²) in [6.07, 6.45) is 1.67. The van der Waals surface area contributed by atoms with Gasteiger partial charge in [-0.25, -0.2) is 0 Å². The molecule has 1 aliphatic heterocycles. The lowest BCUT2D eigenvalue weighted by molar-refractivity contribution is -0.128. The zero-order valence-electron chi connectivity index (χ0n) is 10.6. The van der Waals surface area contributed by atoms with Gasteiger partial charge in [0.1, 0.15) is 0 Å². The van der Waals surface area contributed by atoms with Gasteiger partial charge in [0.15, 0.2) is 0 Å². The summed E-state index contributed by atoms with van der Waals surface area (Å²) in [6.45, 7) is 3.43. The predicted octanol–water partition coefficient (Wildman–Crippen LogP) is 1.61. The average Bonchev–Trinajstić information content (AvgIpc) is 2.57. The van der Waals surface area contributed by atoms with Gasteiger partial charge in [-0.3, -0.25) is 9.69 Å². The van der Waals surface area contributed by atoms with E-state index >= 15 is 0 Å². The predicted molar refractivity (Wildman–Crippen MR) is 76.7 cm³/mol. The Balaban J connectivity index is 0.00000106. The molecule has 1 saturated heterocycles. The summed E-state index contributed by atoms with van der Waals surface area (Å²) in [7, 11) is 3.97. The number of carbonyl (C=O) groups is 1. The van der Waals surface area contributed by atoms with E-state index < -0.39 is 0 Å². The van der Waals surface area contributed by atoms with Crippen molar-refractivity contribution >= 4 is 28.5 Å². The van der Waals surface area contributed by atoms with Crippen LogP contribution in [0.3, 0.4) is 0 Å². The molecule has 1 fully saturated rings. The first-order chi connectivity index (χ1) is 7.61. The molecule has 0 radical (unpaired) electrons. The lowest BCUT2D eigenvalue weighted by Crippen LogP contribution is -2.31. The number of likely N-dealkylation sites (tertiary alicyclic amines) is 1. The number of carbonyl (C=O) groups excluding carboxylic acids is 1. The summed E-state index contributed by atoms with van der Waals surface area (Å²) in [4.78, 5) is 17.2. The van der Waals surface area contributed by atoms with Crippen LogP contribution in [0, 0.1) is 11.8 Å². The van der Waals surface area contributed by atoms with E-state index in [1.54, 1.807) is 0 Å². The molecule has 0 saturated carbocycles. The molecule has 1 aliphatic rings. The second-order valence-electron chi connectivity index (χ2n) is 4.00. The number of hydrogen-bond donors (Lipinski definition) is 0. The zero-order valence-corrected chi connectivity index (χ0v) is 12.7. The molecule has 16 heavy (non-hydrogen) atoms. The average molecular weight is 336 g/mol. The van der Waals surface area contributed by atoms with Gasteiger partial charge in [0.05, 0.1) is 13.1 Å². The van der Waals surface area contributed by atoms with Crippen molar-refractivity contribution in [2.75, 3.05) is 32.1 Å². The normalized spacial score (nSPS) is 19.0. The first-order valence-corrected chi connectivity index (χ1v) is 7.54. The van der Waals surface area contributed by atoms with E-state index in [0.29, 0.717) is 19.0 Å². The van der Waals surface area contributed by atoms with Crippen LogP contribution in [-0.2, 0) is 4.79 Å². The molecule has 0 aliphatic carbocycles. The van der Waals surface area contributed by atoms with E-state index in [4.69, 9.17) is 0 Å². The maximum Gasteiger partial charge on any atom is 0.223 e. The van der Waals surface area contributed by atoms with Gasteiger partial charge in [0.25, 0.3) is 0 Å². The number of halogens is 1. The Morgan fingerprint density at radius 1 is 1.44 bits per heavy atom. The topological polar surface area (TPSA) is 23.6 Å². The third-order valence-corrected chi connectivity index (χ3v) is 2.40. The van der Waals surface area contributed by atoms with Gasteiger partial charge in [-0.05, 0) is 32.4 Å². The first kappa shape index (κ1) is 15.7. The van der Waals surface area contributed by atoms with Crippen molar-refractivity contribution < 1.29 is 4.79 Å². The maximum atomic E-state index is 11.4. The van der Waals surface area contributed by atoms with Crippen LogP contribution in [-0.4, -0.2) is 53.9 Å². The minimum Gasteiger partial charge on any atom is -0.329 e. The monoisotopic (exact) mass is 336 g/mol. The highest BCUT2D eigenvalue weighted by Crippen LogP contribution is 2.16. The molecule has 1 rings (SSSR count). The van der Waals surface area contributed by atoms with Crippen molar-refractivity contribution in [3.8, 4) is 11.8 Å². The van der Waals surface area contributed by atoms with E-state index in [0.717, 1.165) is 13.0 Å². The molecule has 1 amide bonds. The fourth-order valence-electron chi connectivity index (χ4n) is 1.48. The van der Waals surface area contributed by atoms with Crippen molar-refractivity contribution in [3.05, 3.63) is 0 Å². The van der Waals surface area contributed by atoms with Crippen LogP contribution in [0.4, 0.5) is 0 Å². The highest BCUT2D eigenvalue weighted by Gasteiger charge is 2.26. The summed E-state index contributed by atoms with van der Waals surface area (Å²) in [5, 5.41) is 0. The molecule has 1 atom stereocenters. The van der Waals surface area contributed by atoms with Crippen LogP contribution < -0.4 is 0 Å². The molecule has 0 aromatic heterocycles. The number of alkyl halides is 1. The van der Waals surface area contributed by atoms with E-state index in [9.17, 15) is 4.79 Å². The summed E-state index contributed by atoms with van der Waals surface area (Å²) in [5.41, 5.74) is 0. The van der Waals surface area contributed by atoms with Gasteiger partial charge in [0.2, 0.25) is 5.91 Å². The van der Waals surface area contributed by atoms with Gasteiger partial charge in [-0.1, -0.05) is 34.4 Å². The Labute approximate surface area is 113 Å². The Hall–Kier alpha value is -0.280. The van der Waals surface area contributed by atoms with Crippen LogP contribution in [0.25, 0.3) is 0 Å². The highest BCUT2D eigenvalue weighted by molar-refractivity contribution is 14.1. The minimum atomic E-state index is 0.247. The molecule has 0 N–H and O–H groups in total. The fraction of sp³-hybridized carbons (Fsp3) is 0.750. The summed E-state index contributed by atoms with van der Waals surface area (Å²) < 4.78 is 0. The number of hydrogen-bond acceptors (Lipinski definition) is 2. The zero-order chi connectivity index (χ0) is 12.6. The number of nitrogens with zero attached hydrogens (tertiary/aromatic N) is 2. The standard InChI is InChI=1S/C11H18N2O.CH3I/c1-10-6-7-11(14)13(10)9-5-4-8-12(2)3;1-2/h10H,6-9H2,1-3H3;1H3/t10-;/m0./s1. The third-order valence-electron chi connectivity index (χ3n) is 2.40. The summed E-state index contributed by atoms with van der Waals surface area (Å²) >= 11 is 2.15. The second-order valence-corrected chi connectivity index (χ2v) is 4.00. The largest absolute Gasteiger partial charge is 0.329 e. The van der Waals surface area contributed by atoms with Crippen LogP contribution in [0.2, 0.25) is 0 Å². The molecular weight excluding hydrogens is 315 g/mol. The molecule has 0 aromatic rings. The molecule has 0 unspecified atom stereocenters. The first-order valence-electron chi connectivity index (χ1n) is 5.39. The van der Waals surface area contributed by atoms with E-state index in [2.05, 4.69) is 41.4 Å². The van der Waals surface area contributed by atoms with Crippen molar-refractivity contribution in [2.45, 2.75) is 25.8 Å². The van der Waals surface area contributed by atoms with Crippen LogP contribution in [0.5, 0.6) is 0 Å². The molecule has 92 valence electrons. The van der Waals surface area contributed by atoms with Gasteiger partial charge >= 0.3 is 0 Å². The van der Waals surface area contributed by atoms with Crippen molar-refractivity contribution in [1.29, 1.82) is 0 Å². The molecule has 1 heterocycles. The van der Waals surface area contributed by atoms with Gasteiger partial charge in [-0.2, -0.15) is 0 Å². The Morgan fingerprint density at radius 3 is 2.50 bits per heavy atom. The molecule has 0 bridgehead atoms. The Morgan fingerprint density at radius 2 is 2.06 bits per heavy atom. The van der Waals surface area contributed by atoms with Crippen LogP contribution in [0.15, 0.2) is 0 Å². The number of amides is 1. The number of rotatable bonds is 2.